The predicted molar refractivity (Wildman–Crippen MR) is 73.7 cm³/mol. The lowest BCUT2D eigenvalue weighted by Crippen LogP contribution is -1.92. The van der Waals surface area contributed by atoms with Gasteiger partial charge in [-0.15, -0.1) is 0 Å². The van der Waals surface area contributed by atoms with Gasteiger partial charge < -0.3 is 5.32 Å². The van der Waals surface area contributed by atoms with Crippen LogP contribution in [-0.2, 0) is 0 Å². The van der Waals surface area contributed by atoms with Crippen molar-refractivity contribution < 1.29 is 0 Å². The number of aryl methyl sites for hydroxylation is 1. The van der Waals surface area contributed by atoms with Gasteiger partial charge in [-0.2, -0.15) is 0 Å². The molecule has 0 atom stereocenters. The molecule has 0 aliphatic heterocycles. The van der Waals surface area contributed by atoms with Crippen molar-refractivity contribution in [1.29, 1.82) is 0 Å². The van der Waals surface area contributed by atoms with Crippen molar-refractivity contribution in [3.8, 4) is 0 Å². The Kier molecular flexibility index (Phi) is 3.77. The minimum atomic E-state index is 0.421. The van der Waals surface area contributed by atoms with Gasteiger partial charge in [-0.05, 0) is 36.8 Å². The number of nitrogens with zero attached hydrogens (tertiary/aromatic N) is 1. The second-order valence-corrected chi connectivity index (χ2v) is 4.78. The van der Waals surface area contributed by atoms with Gasteiger partial charge in [-0.3, -0.25) is 0 Å². The molecular weight excluding hydrogens is 279 g/mol. The minimum Gasteiger partial charge on any atom is -0.354 e. The molecule has 88 valence electrons. The molecule has 1 N–H and O–H groups in total. The molecule has 0 amide bonds. The van der Waals surface area contributed by atoms with E-state index >= 15 is 0 Å². The fraction of sp³-hybridized carbons (Fsp3) is 0.0833. The van der Waals surface area contributed by atoms with E-state index in [-0.39, 0.29) is 0 Å². The lowest BCUT2D eigenvalue weighted by molar-refractivity contribution is 1.32. The number of hydrogen-bond donors (Lipinski definition) is 1. The standard InChI is InChI=1S/C12H9Cl3N2/c1-7-4-10(14)11(6-9(7)13)17-8-2-3-16-12(15)5-8/h2-6H,1H3,(H,16,17). The van der Waals surface area contributed by atoms with Gasteiger partial charge in [0, 0.05) is 16.9 Å². The second-order valence-electron chi connectivity index (χ2n) is 3.57. The molecule has 0 aliphatic carbocycles. The normalized spacial score (nSPS) is 10.4. The second kappa shape index (κ2) is 5.13. The molecule has 0 saturated heterocycles. The smallest absolute Gasteiger partial charge is 0.131 e. The molecule has 0 unspecified atom stereocenters. The van der Waals surface area contributed by atoms with Gasteiger partial charge in [0.1, 0.15) is 5.15 Å². The predicted octanol–water partition coefficient (Wildman–Crippen LogP) is 5.09. The number of anilines is 2. The topological polar surface area (TPSA) is 24.9 Å². The lowest BCUT2D eigenvalue weighted by Gasteiger charge is -2.10. The first-order valence-corrected chi connectivity index (χ1v) is 6.04. The monoisotopic (exact) mass is 286 g/mol. The summed E-state index contributed by atoms with van der Waals surface area (Å²) in [6.45, 7) is 1.90. The zero-order chi connectivity index (χ0) is 12.4. The van der Waals surface area contributed by atoms with Crippen LogP contribution in [0.5, 0.6) is 0 Å². The Labute approximate surface area is 115 Å². The molecule has 5 heteroatoms. The molecule has 0 spiro atoms. The average molecular weight is 288 g/mol. The average Bonchev–Trinajstić information content (AvgIpc) is 2.26. The Bertz CT molecular complexity index is 555. The van der Waals surface area contributed by atoms with Crippen LogP contribution >= 0.6 is 34.8 Å². The number of halogens is 3. The summed E-state index contributed by atoms with van der Waals surface area (Å²) in [6.07, 6.45) is 1.62. The third-order valence-corrected chi connectivity index (χ3v) is 3.18. The van der Waals surface area contributed by atoms with Gasteiger partial charge in [0.15, 0.2) is 0 Å². The minimum absolute atomic E-state index is 0.421. The van der Waals surface area contributed by atoms with Crippen LogP contribution in [0.4, 0.5) is 11.4 Å². The maximum absolute atomic E-state index is 6.12. The molecule has 2 nitrogen and oxygen atoms in total. The fourth-order valence-corrected chi connectivity index (χ4v) is 1.98. The van der Waals surface area contributed by atoms with Gasteiger partial charge in [0.05, 0.1) is 10.7 Å². The third-order valence-electron chi connectivity index (χ3n) is 2.25. The number of rotatable bonds is 2. The molecule has 2 aromatic rings. The highest BCUT2D eigenvalue weighted by molar-refractivity contribution is 6.36. The van der Waals surface area contributed by atoms with Gasteiger partial charge in [0.2, 0.25) is 0 Å². The summed E-state index contributed by atoms with van der Waals surface area (Å²) < 4.78 is 0. The Hall–Kier alpha value is -0.960. The molecule has 0 aliphatic rings. The summed E-state index contributed by atoms with van der Waals surface area (Å²) in [4.78, 5) is 3.90. The SMILES string of the molecule is Cc1cc(Cl)c(Nc2ccnc(Cl)c2)cc1Cl. The third kappa shape index (κ3) is 3.03. The van der Waals surface area contributed by atoms with Crippen molar-refractivity contribution in [1.82, 2.24) is 4.98 Å². The van der Waals surface area contributed by atoms with E-state index in [1.54, 1.807) is 24.4 Å². The van der Waals surface area contributed by atoms with E-state index in [4.69, 9.17) is 34.8 Å². The van der Waals surface area contributed by atoms with E-state index in [9.17, 15) is 0 Å². The van der Waals surface area contributed by atoms with Crippen LogP contribution in [0, 0.1) is 6.92 Å². The van der Waals surface area contributed by atoms with Crippen LogP contribution in [0.15, 0.2) is 30.5 Å². The maximum atomic E-state index is 6.12. The first-order valence-electron chi connectivity index (χ1n) is 4.90. The van der Waals surface area contributed by atoms with Crippen molar-refractivity contribution >= 4 is 46.2 Å². The quantitative estimate of drug-likeness (QED) is 0.778. The summed E-state index contributed by atoms with van der Waals surface area (Å²) in [5.74, 6) is 0. The number of nitrogens with one attached hydrogen (secondary N) is 1. The van der Waals surface area contributed by atoms with E-state index < -0.39 is 0 Å². The highest BCUT2D eigenvalue weighted by Crippen LogP contribution is 2.31. The number of pyridine rings is 1. The maximum Gasteiger partial charge on any atom is 0.131 e. The molecule has 2 rings (SSSR count). The van der Waals surface area contributed by atoms with Crippen LogP contribution in [0.1, 0.15) is 5.56 Å². The Morgan fingerprint density at radius 2 is 1.82 bits per heavy atom. The van der Waals surface area contributed by atoms with Crippen LogP contribution in [0.25, 0.3) is 0 Å². The summed E-state index contributed by atoms with van der Waals surface area (Å²) in [5.41, 5.74) is 2.49. The van der Waals surface area contributed by atoms with Crippen LogP contribution < -0.4 is 5.32 Å². The Balaban J connectivity index is 2.33. The lowest BCUT2D eigenvalue weighted by atomic mass is 10.2. The van der Waals surface area contributed by atoms with E-state index in [0.717, 1.165) is 16.9 Å². The van der Waals surface area contributed by atoms with Gasteiger partial charge >= 0.3 is 0 Å². The summed E-state index contributed by atoms with van der Waals surface area (Å²) >= 11 is 18.0. The molecule has 1 aromatic carbocycles. The highest BCUT2D eigenvalue weighted by atomic mass is 35.5. The van der Waals surface area contributed by atoms with Gasteiger partial charge in [-0.25, -0.2) is 4.98 Å². The molecule has 1 heterocycles. The molecule has 0 saturated carbocycles. The molecule has 0 radical (unpaired) electrons. The van der Waals surface area contributed by atoms with Crippen molar-refractivity contribution in [2.45, 2.75) is 6.92 Å². The Morgan fingerprint density at radius 3 is 2.53 bits per heavy atom. The molecule has 0 bridgehead atoms. The molecule has 17 heavy (non-hydrogen) atoms. The number of aromatic nitrogens is 1. The van der Waals surface area contributed by atoms with Gasteiger partial charge in [0.25, 0.3) is 0 Å². The zero-order valence-electron chi connectivity index (χ0n) is 8.97. The molecule has 1 aromatic heterocycles. The number of benzene rings is 1. The van der Waals surface area contributed by atoms with E-state index in [1.165, 1.54) is 0 Å². The summed E-state index contributed by atoms with van der Waals surface area (Å²) in [5, 5.41) is 4.84. The van der Waals surface area contributed by atoms with Crippen LogP contribution in [0.3, 0.4) is 0 Å². The summed E-state index contributed by atoms with van der Waals surface area (Å²) in [6, 6.07) is 7.12. The van der Waals surface area contributed by atoms with Crippen molar-refractivity contribution in [2.75, 3.05) is 5.32 Å². The van der Waals surface area contributed by atoms with Crippen molar-refractivity contribution in [3.05, 3.63) is 51.2 Å². The van der Waals surface area contributed by atoms with Crippen LogP contribution in [0.2, 0.25) is 15.2 Å². The summed E-state index contributed by atoms with van der Waals surface area (Å²) in [7, 11) is 0. The first-order chi connectivity index (χ1) is 8.06. The largest absolute Gasteiger partial charge is 0.354 e. The van der Waals surface area contributed by atoms with Gasteiger partial charge in [-0.1, -0.05) is 34.8 Å². The van der Waals surface area contributed by atoms with E-state index in [2.05, 4.69) is 10.3 Å². The Morgan fingerprint density at radius 1 is 1.06 bits per heavy atom. The highest BCUT2D eigenvalue weighted by Gasteiger charge is 2.05. The number of hydrogen-bond acceptors (Lipinski definition) is 2. The van der Waals surface area contributed by atoms with E-state index in [0.29, 0.717) is 15.2 Å². The first kappa shape index (κ1) is 12.5. The van der Waals surface area contributed by atoms with E-state index in [1.807, 2.05) is 13.0 Å². The fourth-order valence-electron chi connectivity index (χ4n) is 1.38. The van der Waals surface area contributed by atoms with Crippen LogP contribution in [-0.4, -0.2) is 4.98 Å². The molecule has 0 fully saturated rings. The van der Waals surface area contributed by atoms with Crippen molar-refractivity contribution in [3.63, 3.8) is 0 Å². The zero-order valence-corrected chi connectivity index (χ0v) is 11.2. The molecular formula is C12H9Cl3N2. The van der Waals surface area contributed by atoms with Crippen molar-refractivity contribution in [2.24, 2.45) is 0 Å².